The first-order chi connectivity index (χ1) is 20.5. The molecule has 3 heterocycles. The first kappa shape index (κ1) is 27.3. The summed E-state index contributed by atoms with van der Waals surface area (Å²) in [7, 11) is 1.56. The van der Waals surface area contributed by atoms with Crippen molar-refractivity contribution in [3.63, 3.8) is 0 Å². The van der Waals surface area contributed by atoms with Crippen LogP contribution in [-0.4, -0.2) is 31.0 Å². The number of fused-ring (bicyclic) bond motifs is 2. The van der Waals surface area contributed by atoms with Crippen molar-refractivity contribution < 1.29 is 28.5 Å². The van der Waals surface area contributed by atoms with Crippen molar-refractivity contribution in [2.45, 2.75) is 26.5 Å². The molecule has 0 saturated heterocycles. The highest BCUT2D eigenvalue weighted by Crippen LogP contribution is 2.37. The van der Waals surface area contributed by atoms with Gasteiger partial charge in [0.15, 0.2) is 27.8 Å². The van der Waals surface area contributed by atoms with Crippen LogP contribution in [-0.2, 0) is 16.1 Å². The van der Waals surface area contributed by atoms with Gasteiger partial charge in [0, 0.05) is 5.70 Å². The van der Waals surface area contributed by atoms with Crippen LogP contribution in [0.15, 0.2) is 82.1 Å². The molecule has 42 heavy (non-hydrogen) atoms. The van der Waals surface area contributed by atoms with Gasteiger partial charge in [0.2, 0.25) is 6.79 Å². The zero-order valence-electron chi connectivity index (χ0n) is 23.3. The summed E-state index contributed by atoms with van der Waals surface area (Å²) >= 11 is 1.25. The molecule has 2 aliphatic heterocycles. The van der Waals surface area contributed by atoms with Gasteiger partial charge in [0.05, 0.1) is 23.8 Å². The zero-order valence-corrected chi connectivity index (χ0v) is 24.1. The molecule has 0 unspecified atom stereocenters. The van der Waals surface area contributed by atoms with Crippen LogP contribution in [0.25, 0.3) is 11.8 Å². The number of methoxy groups -OCH3 is 1. The van der Waals surface area contributed by atoms with E-state index in [1.165, 1.54) is 15.9 Å². The highest BCUT2D eigenvalue weighted by molar-refractivity contribution is 7.07. The Morgan fingerprint density at radius 2 is 1.88 bits per heavy atom. The number of aromatic nitrogens is 1. The topological polar surface area (TPSA) is 97.6 Å². The van der Waals surface area contributed by atoms with Crippen LogP contribution in [0, 0.1) is 0 Å². The molecule has 1 aromatic heterocycles. The Morgan fingerprint density at radius 1 is 1.07 bits per heavy atom. The Morgan fingerprint density at radius 3 is 2.67 bits per heavy atom. The summed E-state index contributed by atoms with van der Waals surface area (Å²) in [6.45, 7) is 4.21. The number of thiazole rings is 1. The molecule has 0 radical (unpaired) electrons. The molecule has 214 valence electrons. The fourth-order valence-corrected chi connectivity index (χ4v) is 5.96. The zero-order chi connectivity index (χ0) is 29.2. The van der Waals surface area contributed by atoms with Gasteiger partial charge in [-0.1, -0.05) is 53.8 Å². The van der Waals surface area contributed by atoms with Crippen LogP contribution >= 0.6 is 11.3 Å². The van der Waals surface area contributed by atoms with Crippen molar-refractivity contribution in [1.82, 2.24) is 4.57 Å². The number of hydrogen-bond donors (Lipinski definition) is 0. The molecular weight excluding hydrogens is 556 g/mol. The van der Waals surface area contributed by atoms with E-state index in [4.69, 9.17) is 28.7 Å². The highest BCUT2D eigenvalue weighted by atomic mass is 32.1. The molecule has 0 fully saturated rings. The van der Waals surface area contributed by atoms with Crippen LogP contribution in [0.4, 0.5) is 0 Å². The third kappa shape index (κ3) is 5.16. The molecule has 3 aromatic carbocycles. The maximum absolute atomic E-state index is 13.6. The summed E-state index contributed by atoms with van der Waals surface area (Å²) in [5, 5.41) is 0. The summed E-state index contributed by atoms with van der Waals surface area (Å²) in [5.41, 5.74) is 3.01. The Bertz CT molecular complexity index is 1870. The van der Waals surface area contributed by atoms with Crippen molar-refractivity contribution in [3.05, 3.63) is 109 Å². The normalized spacial score (nSPS) is 15.7. The number of hydrogen-bond acceptors (Lipinski definition) is 9. The number of ether oxygens (including phenoxy) is 5. The van der Waals surface area contributed by atoms with E-state index in [0.717, 1.165) is 11.1 Å². The van der Waals surface area contributed by atoms with Gasteiger partial charge in [-0.3, -0.25) is 9.36 Å². The Labute approximate surface area is 245 Å². The summed E-state index contributed by atoms with van der Waals surface area (Å²) in [4.78, 5) is 32.2. The van der Waals surface area contributed by atoms with Crippen molar-refractivity contribution in [3.8, 4) is 23.0 Å². The van der Waals surface area contributed by atoms with E-state index in [-0.39, 0.29) is 19.0 Å². The lowest BCUT2D eigenvalue weighted by Crippen LogP contribution is -2.35. The summed E-state index contributed by atoms with van der Waals surface area (Å²) in [6.07, 6.45) is 1.78. The fraction of sp³-hybridized carbons (Fsp3) is 0.219. The van der Waals surface area contributed by atoms with E-state index >= 15 is 0 Å². The quantitative estimate of drug-likeness (QED) is 0.286. The number of rotatable bonds is 8. The van der Waals surface area contributed by atoms with Gasteiger partial charge in [-0.25, -0.2) is 9.79 Å². The summed E-state index contributed by atoms with van der Waals surface area (Å²) in [5.74, 6) is 1.83. The monoisotopic (exact) mass is 584 g/mol. The standard InChI is InChI=1S/C32H28N2O7S/c1-4-38-31(36)28-19(2)34-30(35)27(15-21-10-12-24-26(14-21)41-18-40-24)42-32(34)33-29(28)22-11-13-23(25(16-22)37-3)39-17-20-8-6-5-7-9-20/h5-16,29H,4,17-18H2,1-3H3/b27-15-/t29-/m1/s1. The Hall–Kier alpha value is -4.83. The van der Waals surface area contributed by atoms with Crippen molar-refractivity contribution in [2.24, 2.45) is 4.99 Å². The first-order valence-electron chi connectivity index (χ1n) is 13.4. The molecule has 10 heteroatoms. The van der Waals surface area contributed by atoms with Crippen LogP contribution in [0.3, 0.4) is 0 Å². The van der Waals surface area contributed by atoms with Gasteiger partial charge in [-0.15, -0.1) is 0 Å². The summed E-state index contributed by atoms with van der Waals surface area (Å²) in [6, 6.07) is 20.1. The molecule has 9 nitrogen and oxygen atoms in total. The predicted molar refractivity (Wildman–Crippen MR) is 158 cm³/mol. The number of allylic oxidation sites excluding steroid dienone is 1. The maximum atomic E-state index is 13.6. The lowest BCUT2D eigenvalue weighted by molar-refractivity contribution is -0.138. The second kappa shape index (κ2) is 11.6. The van der Waals surface area contributed by atoms with Gasteiger partial charge >= 0.3 is 5.97 Å². The predicted octanol–water partition coefficient (Wildman–Crippen LogP) is 4.22. The third-order valence-corrected chi connectivity index (χ3v) is 7.96. The largest absolute Gasteiger partial charge is 0.493 e. The van der Waals surface area contributed by atoms with Gasteiger partial charge in [0.1, 0.15) is 12.6 Å². The van der Waals surface area contributed by atoms with Gasteiger partial charge in [0.25, 0.3) is 5.56 Å². The fourth-order valence-electron chi connectivity index (χ4n) is 4.92. The van der Waals surface area contributed by atoms with Crippen molar-refractivity contribution in [2.75, 3.05) is 20.5 Å². The molecule has 1 atom stereocenters. The van der Waals surface area contributed by atoms with Crippen molar-refractivity contribution >= 4 is 29.1 Å². The Balaban J connectivity index is 1.41. The van der Waals surface area contributed by atoms with Crippen LogP contribution in [0.1, 0.15) is 36.6 Å². The molecule has 0 bridgehead atoms. The van der Waals surface area contributed by atoms with Crippen LogP contribution < -0.4 is 33.8 Å². The maximum Gasteiger partial charge on any atom is 0.338 e. The second-order valence-corrected chi connectivity index (χ2v) is 10.6. The minimum atomic E-state index is -0.711. The van der Waals surface area contributed by atoms with Crippen LogP contribution in [0.2, 0.25) is 0 Å². The van der Waals surface area contributed by atoms with Gasteiger partial charge in [-0.2, -0.15) is 0 Å². The van der Waals surface area contributed by atoms with E-state index < -0.39 is 12.0 Å². The van der Waals surface area contributed by atoms with Gasteiger partial charge < -0.3 is 23.7 Å². The molecule has 0 N–H and O–H groups in total. The van der Waals surface area contributed by atoms with Crippen LogP contribution in [0.5, 0.6) is 23.0 Å². The van der Waals surface area contributed by atoms with E-state index in [9.17, 15) is 9.59 Å². The molecule has 4 aromatic rings. The lowest BCUT2D eigenvalue weighted by atomic mass is 9.96. The average molecular weight is 585 g/mol. The first-order valence-corrected chi connectivity index (χ1v) is 14.2. The number of esters is 1. The van der Waals surface area contributed by atoms with E-state index in [0.29, 0.717) is 55.8 Å². The van der Waals surface area contributed by atoms with E-state index in [1.807, 2.05) is 60.7 Å². The number of carbonyl (C=O) groups excluding carboxylic acids is 1. The van der Waals surface area contributed by atoms with E-state index in [2.05, 4.69) is 0 Å². The second-order valence-electron chi connectivity index (χ2n) is 9.58. The van der Waals surface area contributed by atoms with E-state index in [1.54, 1.807) is 33.1 Å². The van der Waals surface area contributed by atoms with Crippen molar-refractivity contribution in [1.29, 1.82) is 0 Å². The minimum absolute atomic E-state index is 0.167. The molecule has 2 aliphatic rings. The van der Waals surface area contributed by atoms with Gasteiger partial charge in [-0.05, 0) is 60.9 Å². The highest BCUT2D eigenvalue weighted by Gasteiger charge is 2.32. The molecule has 6 rings (SSSR count). The molecule has 0 aliphatic carbocycles. The third-order valence-electron chi connectivity index (χ3n) is 6.97. The number of benzene rings is 3. The summed E-state index contributed by atoms with van der Waals surface area (Å²) < 4.78 is 29.9. The number of nitrogens with zero attached hydrogens (tertiary/aromatic N) is 2. The number of carbonyl (C=O) groups is 1. The average Bonchev–Trinajstić information content (AvgIpc) is 3.60. The minimum Gasteiger partial charge on any atom is -0.493 e. The molecular formula is C32H28N2O7S. The molecule has 0 spiro atoms. The molecule has 0 saturated carbocycles. The Kier molecular flexibility index (Phi) is 7.54. The SMILES string of the molecule is CCOC(=O)C1=C(C)n2c(s/c(=C\c3ccc4c(c3)OCO4)c2=O)=N[C@@H]1c1ccc(OCc2ccccc2)c(OC)c1. The lowest BCUT2D eigenvalue weighted by Gasteiger charge is -2.23. The molecule has 0 amide bonds. The smallest absolute Gasteiger partial charge is 0.338 e.